The van der Waals surface area contributed by atoms with E-state index in [1.807, 2.05) is 6.92 Å². The van der Waals surface area contributed by atoms with E-state index in [0.29, 0.717) is 44.0 Å². The van der Waals surface area contributed by atoms with E-state index in [2.05, 4.69) is 0 Å². The first kappa shape index (κ1) is 24.6. The molecule has 0 N–H and O–H groups in total. The van der Waals surface area contributed by atoms with Crippen LogP contribution in [0, 0.1) is 23.2 Å². The van der Waals surface area contributed by atoms with Crippen molar-refractivity contribution in [2.75, 3.05) is 19.8 Å². The summed E-state index contributed by atoms with van der Waals surface area (Å²) in [6, 6.07) is 0. The van der Waals surface area contributed by atoms with Gasteiger partial charge in [0.1, 0.15) is 19.8 Å². The second-order valence-corrected chi connectivity index (χ2v) is 11.8. The van der Waals surface area contributed by atoms with Crippen LogP contribution in [0.5, 0.6) is 0 Å². The molecule has 0 radical (unpaired) electrons. The van der Waals surface area contributed by atoms with Gasteiger partial charge in [-0.25, -0.2) is 0 Å². The first-order chi connectivity index (χ1) is 17.4. The maximum Gasteiger partial charge on any atom is 0.309 e. The predicted molar refractivity (Wildman–Crippen MR) is 124 cm³/mol. The van der Waals surface area contributed by atoms with Gasteiger partial charge in [0.15, 0.2) is 0 Å². The van der Waals surface area contributed by atoms with Gasteiger partial charge >= 0.3 is 17.9 Å². The SMILES string of the molecule is CCC(COC(=O)C1CCC2OC2C1)(COC(=O)C1CCC2OC2C1)COC(=O)C1CCC2OC2C1. The highest BCUT2D eigenvalue weighted by Gasteiger charge is 2.49. The molecular formula is C27H38O9. The van der Waals surface area contributed by atoms with Crippen molar-refractivity contribution < 1.29 is 42.8 Å². The van der Waals surface area contributed by atoms with Crippen LogP contribution in [0.2, 0.25) is 0 Å². The fraction of sp³-hybridized carbons (Fsp3) is 0.889. The molecular weight excluding hydrogens is 468 g/mol. The van der Waals surface area contributed by atoms with Gasteiger partial charge in [-0.1, -0.05) is 6.92 Å². The number of rotatable bonds is 10. The lowest BCUT2D eigenvalue weighted by molar-refractivity contribution is -0.168. The summed E-state index contributed by atoms with van der Waals surface area (Å²) in [6.45, 7) is 2.09. The number of hydrogen-bond acceptors (Lipinski definition) is 9. The molecule has 3 heterocycles. The van der Waals surface area contributed by atoms with Gasteiger partial charge in [-0.2, -0.15) is 0 Å². The molecule has 6 fully saturated rings. The predicted octanol–water partition coefficient (Wildman–Crippen LogP) is 2.71. The van der Waals surface area contributed by atoms with E-state index in [1.165, 1.54) is 0 Å². The molecule has 3 aliphatic heterocycles. The third-order valence-corrected chi connectivity index (χ3v) is 9.32. The van der Waals surface area contributed by atoms with Gasteiger partial charge in [0.05, 0.1) is 59.8 Å². The minimum absolute atomic E-state index is 0.0469. The molecule has 0 aromatic heterocycles. The van der Waals surface area contributed by atoms with Crippen molar-refractivity contribution in [2.45, 2.75) is 108 Å². The van der Waals surface area contributed by atoms with Gasteiger partial charge in [0.2, 0.25) is 0 Å². The summed E-state index contributed by atoms with van der Waals surface area (Å²) in [5.74, 6) is -1.24. The molecule has 0 spiro atoms. The van der Waals surface area contributed by atoms with Crippen LogP contribution in [0.4, 0.5) is 0 Å². The van der Waals surface area contributed by atoms with Crippen LogP contribution in [-0.2, 0) is 42.8 Å². The van der Waals surface area contributed by atoms with E-state index in [0.717, 1.165) is 38.5 Å². The lowest BCUT2D eigenvalue weighted by atomic mass is 9.86. The second kappa shape index (κ2) is 9.87. The molecule has 9 unspecified atom stereocenters. The zero-order valence-electron chi connectivity index (χ0n) is 21.1. The number of fused-ring (bicyclic) bond motifs is 3. The summed E-state index contributed by atoms with van der Waals surface area (Å²) in [4.78, 5) is 38.6. The fourth-order valence-electron chi connectivity index (χ4n) is 6.31. The molecule has 0 amide bonds. The van der Waals surface area contributed by atoms with Crippen LogP contribution in [0.25, 0.3) is 0 Å². The minimum Gasteiger partial charge on any atom is -0.465 e. The summed E-state index contributed by atoms with van der Waals surface area (Å²) in [7, 11) is 0. The molecule has 9 atom stereocenters. The molecule has 9 nitrogen and oxygen atoms in total. The van der Waals surface area contributed by atoms with E-state index in [9.17, 15) is 14.4 Å². The number of carbonyl (C=O) groups excluding carboxylic acids is 3. The monoisotopic (exact) mass is 506 g/mol. The Morgan fingerprint density at radius 1 is 0.583 bits per heavy atom. The zero-order valence-corrected chi connectivity index (χ0v) is 21.1. The largest absolute Gasteiger partial charge is 0.465 e. The van der Waals surface area contributed by atoms with Gasteiger partial charge in [0.25, 0.3) is 0 Å². The number of esters is 3. The van der Waals surface area contributed by atoms with Crippen LogP contribution < -0.4 is 0 Å². The number of epoxide rings is 3. The molecule has 6 rings (SSSR count). The normalized spacial score (nSPS) is 41.4. The zero-order chi connectivity index (χ0) is 24.9. The minimum atomic E-state index is -0.783. The topological polar surface area (TPSA) is 116 Å². The Morgan fingerprint density at radius 3 is 1.19 bits per heavy atom. The number of hydrogen-bond donors (Lipinski definition) is 0. The van der Waals surface area contributed by atoms with Crippen molar-refractivity contribution in [2.24, 2.45) is 23.2 Å². The molecule has 0 aromatic carbocycles. The van der Waals surface area contributed by atoms with E-state index in [4.69, 9.17) is 28.4 Å². The van der Waals surface area contributed by atoms with E-state index < -0.39 is 5.41 Å². The van der Waals surface area contributed by atoms with E-state index in [-0.39, 0.29) is 73.8 Å². The van der Waals surface area contributed by atoms with Crippen LogP contribution in [0.1, 0.15) is 71.1 Å². The molecule has 3 aliphatic carbocycles. The Kier molecular flexibility index (Phi) is 6.75. The average molecular weight is 507 g/mol. The van der Waals surface area contributed by atoms with Gasteiger partial charge in [-0.3, -0.25) is 14.4 Å². The number of carbonyl (C=O) groups is 3. The van der Waals surface area contributed by atoms with Gasteiger partial charge in [-0.15, -0.1) is 0 Å². The smallest absolute Gasteiger partial charge is 0.309 e. The third-order valence-electron chi connectivity index (χ3n) is 9.32. The summed E-state index contributed by atoms with van der Waals surface area (Å²) < 4.78 is 34.0. The first-order valence-corrected chi connectivity index (χ1v) is 13.9. The average Bonchev–Trinajstić information content (AvgIpc) is 3.79. The second-order valence-electron chi connectivity index (χ2n) is 11.8. The standard InChI is InChI=1S/C27H38O9/c1-2-27(12-31-24(28)15-3-6-18-21(9-15)34-18,13-32-25(29)16-4-7-19-22(10-16)35-19)14-33-26(30)17-5-8-20-23(11-17)36-20/h15-23H,2-14H2,1H3. The van der Waals surface area contributed by atoms with Crippen LogP contribution in [0.15, 0.2) is 0 Å². The molecule has 3 saturated heterocycles. The summed E-state index contributed by atoms with van der Waals surface area (Å²) in [6.07, 6.45) is 9.09. The Bertz CT molecular complexity index is 766. The molecule has 36 heavy (non-hydrogen) atoms. The maximum atomic E-state index is 12.9. The van der Waals surface area contributed by atoms with E-state index >= 15 is 0 Å². The van der Waals surface area contributed by atoms with Crippen molar-refractivity contribution in [1.29, 1.82) is 0 Å². The fourth-order valence-corrected chi connectivity index (χ4v) is 6.31. The highest BCUT2D eigenvalue weighted by Crippen LogP contribution is 2.42. The highest BCUT2D eigenvalue weighted by atomic mass is 16.6. The number of ether oxygens (including phenoxy) is 6. The quantitative estimate of drug-likeness (QED) is 0.250. The van der Waals surface area contributed by atoms with E-state index in [1.54, 1.807) is 0 Å². The van der Waals surface area contributed by atoms with Gasteiger partial charge in [0, 0.05) is 0 Å². The lowest BCUT2D eigenvalue weighted by Gasteiger charge is -2.33. The van der Waals surface area contributed by atoms with Crippen molar-refractivity contribution >= 4 is 17.9 Å². The Balaban J connectivity index is 1.06. The van der Waals surface area contributed by atoms with Crippen molar-refractivity contribution in [3.05, 3.63) is 0 Å². The molecule has 200 valence electrons. The van der Waals surface area contributed by atoms with Crippen LogP contribution in [0.3, 0.4) is 0 Å². The Hall–Kier alpha value is -1.71. The first-order valence-electron chi connectivity index (χ1n) is 13.9. The summed E-state index contributed by atoms with van der Waals surface area (Å²) >= 11 is 0. The van der Waals surface area contributed by atoms with Gasteiger partial charge < -0.3 is 28.4 Å². The van der Waals surface area contributed by atoms with Crippen LogP contribution in [-0.4, -0.2) is 74.4 Å². The summed E-state index contributed by atoms with van der Waals surface area (Å²) in [5.41, 5.74) is -0.783. The van der Waals surface area contributed by atoms with Crippen molar-refractivity contribution in [3.8, 4) is 0 Å². The Morgan fingerprint density at radius 2 is 0.917 bits per heavy atom. The highest BCUT2D eigenvalue weighted by molar-refractivity contribution is 5.74. The van der Waals surface area contributed by atoms with Gasteiger partial charge in [-0.05, 0) is 64.2 Å². The molecule has 0 aromatic rings. The Labute approximate surface area is 211 Å². The van der Waals surface area contributed by atoms with Crippen molar-refractivity contribution in [1.82, 2.24) is 0 Å². The lowest BCUT2D eigenvalue weighted by Crippen LogP contribution is -2.41. The van der Waals surface area contributed by atoms with Crippen molar-refractivity contribution in [3.63, 3.8) is 0 Å². The molecule has 0 bridgehead atoms. The molecule has 3 saturated carbocycles. The van der Waals surface area contributed by atoms with Crippen LogP contribution >= 0.6 is 0 Å². The molecule has 6 aliphatic rings. The maximum absolute atomic E-state index is 12.9. The molecule has 9 heteroatoms. The summed E-state index contributed by atoms with van der Waals surface area (Å²) in [5, 5.41) is 0. The third kappa shape index (κ3) is 5.43.